The van der Waals surface area contributed by atoms with Crippen molar-refractivity contribution in [2.45, 2.75) is 38.9 Å². The number of carbonyl (C=O) groups is 2. The number of fused-ring (bicyclic) bond motifs is 1. The van der Waals surface area contributed by atoms with Gasteiger partial charge in [-0.25, -0.2) is 9.59 Å². The Bertz CT molecular complexity index is 1040. The molecule has 34 heavy (non-hydrogen) atoms. The molecule has 2 amide bonds. The molecule has 1 aliphatic rings. The zero-order valence-electron chi connectivity index (χ0n) is 19.8. The van der Waals surface area contributed by atoms with Crippen molar-refractivity contribution < 1.29 is 28.5 Å². The molecule has 0 aliphatic carbocycles. The van der Waals surface area contributed by atoms with Crippen LogP contribution in [0.25, 0.3) is 0 Å². The maximum absolute atomic E-state index is 13.0. The maximum Gasteiger partial charge on any atom is 0.414 e. The summed E-state index contributed by atoms with van der Waals surface area (Å²) in [7, 11) is 4.37. The minimum Gasteiger partial charge on any atom is -0.493 e. The highest BCUT2D eigenvalue weighted by atomic mass is 35.5. The molecule has 0 bridgehead atoms. The first-order chi connectivity index (χ1) is 16.2. The number of amides is 2. The van der Waals surface area contributed by atoms with Crippen LogP contribution < -0.4 is 14.4 Å². The highest BCUT2D eigenvalue weighted by molar-refractivity contribution is 6.34. The van der Waals surface area contributed by atoms with Crippen LogP contribution in [0, 0.1) is 0 Å². The number of halogens is 2. The van der Waals surface area contributed by atoms with Crippen molar-refractivity contribution >= 4 is 41.1 Å². The molecule has 10 heteroatoms. The highest BCUT2D eigenvalue weighted by Gasteiger charge is 2.40. The third-order valence-electron chi connectivity index (χ3n) is 5.68. The maximum atomic E-state index is 13.0. The van der Waals surface area contributed by atoms with Crippen molar-refractivity contribution in [3.8, 4) is 11.5 Å². The summed E-state index contributed by atoms with van der Waals surface area (Å²) >= 11 is 12.4. The lowest BCUT2D eigenvalue weighted by Gasteiger charge is -2.42. The molecular formula is C24H28Cl2N2O6. The number of hydrogen-bond donors (Lipinski definition) is 0. The predicted octanol–water partition coefficient (Wildman–Crippen LogP) is 6.08. The van der Waals surface area contributed by atoms with Gasteiger partial charge in [0, 0.05) is 34.3 Å². The Morgan fingerprint density at radius 2 is 1.65 bits per heavy atom. The van der Waals surface area contributed by atoms with Gasteiger partial charge in [0.05, 0.1) is 39.7 Å². The molecule has 0 N–H and O–H groups in total. The molecule has 0 saturated heterocycles. The van der Waals surface area contributed by atoms with E-state index in [1.165, 1.54) is 21.3 Å². The molecule has 2 aromatic carbocycles. The first-order valence-electron chi connectivity index (χ1n) is 10.7. The molecule has 0 saturated carbocycles. The Morgan fingerprint density at radius 1 is 1.03 bits per heavy atom. The van der Waals surface area contributed by atoms with Crippen molar-refractivity contribution in [1.29, 1.82) is 0 Å². The van der Waals surface area contributed by atoms with Crippen LogP contribution in [-0.4, -0.2) is 51.1 Å². The van der Waals surface area contributed by atoms with Crippen LogP contribution in [0.15, 0.2) is 30.3 Å². The smallest absolute Gasteiger partial charge is 0.414 e. The summed E-state index contributed by atoms with van der Waals surface area (Å²) in [5, 5.41) is 0.925. The standard InChI is InChI=1S/C24H28Cl2N2O6/c1-6-34-24(30)28-14(2)7-19(18-11-21(31-3)22(32-4)12-20(18)28)27(23(29)33-5)13-15-8-16(25)10-17(26)9-15/h8-12,14,19H,6-7,13H2,1-5H3. The summed E-state index contributed by atoms with van der Waals surface area (Å²) in [6.07, 6.45) is -0.572. The molecular weight excluding hydrogens is 483 g/mol. The van der Waals surface area contributed by atoms with E-state index in [0.717, 1.165) is 5.56 Å². The molecule has 0 aromatic heterocycles. The fraction of sp³-hybridized carbons (Fsp3) is 0.417. The van der Waals surface area contributed by atoms with Crippen LogP contribution in [0.2, 0.25) is 10.0 Å². The monoisotopic (exact) mass is 510 g/mol. The molecule has 1 heterocycles. The summed E-state index contributed by atoms with van der Waals surface area (Å²) in [6.45, 7) is 4.07. The van der Waals surface area contributed by atoms with Crippen molar-refractivity contribution in [3.05, 3.63) is 51.5 Å². The lowest BCUT2D eigenvalue weighted by Crippen LogP contribution is -2.47. The van der Waals surface area contributed by atoms with Gasteiger partial charge in [0.2, 0.25) is 0 Å². The van der Waals surface area contributed by atoms with Gasteiger partial charge >= 0.3 is 12.2 Å². The number of rotatable bonds is 6. The lowest BCUT2D eigenvalue weighted by molar-refractivity contribution is 0.0941. The number of anilines is 1. The van der Waals surface area contributed by atoms with Gasteiger partial charge in [-0.05, 0) is 50.1 Å². The summed E-state index contributed by atoms with van der Waals surface area (Å²) in [5.74, 6) is 0.926. The minimum atomic E-state index is -0.529. The van der Waals surface area contributed by atoms with E-state index in [-0.39, 0.29) is 19.2 Å². The number of carbonyl (C=O) groups excluding carboxylic acids is 2. The molecule has 1 aliphatic heterocycles. The van der Waals surface area contributed by atoms with E-state index < -0.39 is 18.2 Å². The second-order valence-corrected chi connectivity index (χ2v) is 8.68. The van der Waals surface area contributed by atoms with Gasteiger partial charge in [-0.3, -0.25) is 9.80 Å². The van der Waals surface area contributed by atoms with Crippen LogP contribution in [0.4, 0.5) is 15.3 Å². The topological polar surface area (TPSA) is 77.5 Å². The van der Waals surface area contributed by atoms with Crippen LogP contribution in [-0.2, 0) is 16.0 Å². The molecule has 0 radical (unpaired) electrons. The third-order valence-corrected chi connectivity index (χ3v) is 6.12. The van der Waals surface area contributed by atoms with Gasteiger partial charge in [-0.2, -0.15) is 0 Å². The molecule has 8 nitrogen and oxygen atoms in total. The van der Waals surface area contributed by atoms with Crippen LogP contribution >= 0.6 is 23.2 Å². The second-order valence-electron chi connectivity index (χ2n) is 7.81. The van der Waals surface area contributed by atoms with E-state index in [1.807, 2.05) is 6.92 Å². The largest absolute Gasteiger partial charge is 0.493 e. The lowest BCUT2D eigenvalue weighted by atomic mass is 9.90. The van der Waals surface area contributed by atoms with Gasteiger partial charge in [0.15, 0.2) is 11.5 Å². The zero-order chi connectivity index (χ0) is 25.0. The number of benzene rings is 2. The summed E-state index contributed by atoms with van der Waals surface area (Å²) in [5.41, 5.74) is 2.01. The van der Waals surface area contributed by atoms with Gasteiger partial charge in [0.25, 0.3) is 0 Å². The normalized spacial score (nSPS) is 17.0. The molecule has 184 valence electrons. The molecule has 3 rings (SSSR count). The van der Waals surface area contributed by atoms with Crippen LogP contribution in [0.1, 0.15) is 37.4 Å². The average molecular weight is 511 g/mol. The fourth-order valence-corrected chi connectivity index (χ4v) is 4.81. The summed E-state index contributed by atoms with van der Waals surface area (Å²) in [4.78, 5) is 29.0. The molecule has 2 atom stereocenters. The molecule has 0 fully saturated rings. The fourth-order valence-electron chi connectivity index (χ4n) is 4.24. The Kier molecular flexibility index (Phi) is 8.38. The average Bonchev–Trinajstić information content (AvgIpc) is 2.80. The first-order valence-corrected chi connectivity index (χ1v) is 11.5. The van der Waals surface area contributed by atoms with Crippen molar-refractivity contribution in [1.82, 2.24) is 4.90 Å². The zero-order valence-corrected chi connectivity index (χ0v) is 21.3. The van der Waals surface area contributed by atoms with Gasteiger partial charge in [0.1, 0.15) is 0 Å². The summed E-state index contributed by atoms with van der Waals surface area (Å²) < 4.78 is 21.4. The van der Waals surface area contributed by atoms with Crippen LogP contribution in [0.5, 0.6) is 11.5 Å². The number of methoxy groups -OCH3 is 3. The van der Waals surface area contributed by atoms with Gasteiger partial charge < -0.3 is 18.9 Å². The quantitative estimate of drug-likeness (QED) is 0.468. The first kappa shape index (κ1) is 25.8. The SMILES string of the molecule is CCOC(=O)N1c2cc(OC)c(OC)cc2C(N(Cc2cc(Cl)cc(Cl)c2)C(=O)OC)CC1C. The van der Waals surface area contributed by atoms with Crippen molar-refractivity contribution in [2.75, 3.05) is 32.8 Å². The number of ether oxygens (including phenoxy) is 4. The Labute approximate surface area is 209 Å². The van der Waals surface area contributed by atoms with Crippen LogP contribution in [0.3, 0.4) is 0 Å². The van der Waals surface area contributed by atoms with E-state index >= 15 is 0 Å². The van der Waals surface area contributed by atoms with Gasteiger partial charge in [-0.15, -0.1) is 0 Å². The van der Waals surface area contributed by atoms with E-state index in [2.05, 4.69) is 0 Å². The molecule has 0 spiro atoms. The Morgan fingerprint density at radius 3 is 2.21 bits per heavy atom. The van der Waals surface area contributed by atoms with E-state index in [0.29, 0.717) is 39.2 Å². The number of hydrogen-bond acceptors (Lipinski definition) is 6. The Balaban J connectivity index is 2.15. The minimum absolute atomic E-state index is 0.192. The van der Waals surface area contributed by atoms with E-state index in [4.69, 9.17) is 42.1 Å². The second kappa shape index (κ2) is 11.1. The number of nitrogens with zero attached hydrogens (tertiary/aromatic N) is 2. The Hall–Kier alpha value is -2.84. The predicted molar refractivity (Wildman–Crippen MR) is 130 cm³/mol. The molecule has 2 unspecified atom stereocenters. The highest BCUT2D eigenvalue weighted by Crippen LogP contribution is 2.46. The van der Waals surface area contributed by atoms with Crippen molar-refractivity contribution in [2.24, 2.45) is 0 Å². The van der Waals surface area contributed by atoms with E-state index in [9.17, 15) is 9.59 Å². The van der Waals surface area contributed by atoms with Crippen molar-refractivity contribution in [3.63, 3.8) is 0 Å². The van der Waals surface area contributed by atoms with Gasteiger partial charge in [-0.1, -0.05) is 23.2 Å². The summed E-state index contributed by atoms with van der Waals surface area (Å²) in [6, 6.07) is 7.88. The third kappa shape index (κ3) is 5.28. The van der Waals surface area contributed by atoms with E-state index in [1.54, 1.807) is 47.1 Å². The molecule has 2 aromatic rings.